The Morgan fingerprint density at radius 2 is 1.80 bits per heavy atom. The van der Waals surface area contributed by atoms with Crippen molar-refractivity contribution < 1.29 is 32.9 Å². The quantitative estimate of drug-likeness (QED) is 0.788. The Morgan fingerprint density at radius 3 is 2.28 bits per heavy atom. The van der Waals surface area contributed by atoms with E-state index in [9.17, 15) is 14.0 Å². The number of methoxy groups -OCH3 is 3. The molecule has 0 aliphatic heterocycles. The second-order valence-corrected chi connectivity index (χ2v) is 6.19. The van der Waals surface area contributed by atoms with Crippen LogP contribution in [-0.4, -0.2) is 45.0 Å². The number of nitrogens with one attached hydrogen (secondary N) is 1. The summed E-state index contributed by atoms with van der Waals surface area (Å²) in [6.45, 7) is 5.08. The van der Waals surface area contributed by atoms with Crippen LogP contribution in [-0.2, 0) is 20.7 Å². The molecule has 0 aliphatic carbocycles. The van der Waals surface area contributed by atoms with Crippen molar-refractivity contribution in [2.24, 2.45) is 0 Å². The number of benzene rings is 1. The third-order valence-corrected chi connectivity index (χ3v) is 3.18. The molecule has 0 aliphatic rings. The molecule has 25 heavy (non-hydrogen) atoms. The van der Waals surface area contributed by atoms with E-state index in [1.807, 2.05) is 0 Å². The molecule has 1 atom stereocenters. The lowest BCUT2D eigenvalue weighted by molar-refractivity contribution is -0.143. The zero-order valence-corrected chi connectivity index (χ0v) is 15.3. The van der Waals surface area contributed by atoms with E-state index in [1.165, 1.54) is 33.5 Å². The molecule has 1 unspecified atom stereocenters. The van der Waals surface area contributed by atoms with Gasteiger partial charge in [0.25, 0.3) is 0 Å². The molecule has 8 heteroatoms. The zero-order valence-electron chi connectivity index (χ0n) is 15.3. The highest BCUT2D eigenvalue weighted by Crippen LogP contribution is 2.32. The number of halogens is 1. The van der Waals surface area contributed by atoms with Crippen LogP contribution in [0.3, 0.4) is 0 Å². The third-order valence-electron chi connectivity index (χ3n) is 3.18. The molecule has 1 aromatic carbocycles. The van der Waals surface area contributed by atoms with E-state index in [2.05, 4.69) is 5.32 Å². The van der Waals surface area contributed by atoms with Gasteiger partial charge in [-0.15, -0.1) is 0 Å². The number of rotatable bonds is 6. The molecule has 1 aromatic rings. The summed E-state index contributed by atoms with van der Waals surface area (Å²) in [7, 11) is 3.90. The van der Waals surface area contributed by atoms with Gasteiger partial charge in [0.15, 0.2) is 11.6 Å². The predicted octanol–water partition coefficient (Wildman–Crippen LogP) is 2.45. The van der Waals surface area contributed by atoms with E-state index in [1.54, 1.807) is 20.8 Å². The standard InChI is InChI=1S/C17H24FNO6/c1-17(2,3)25-16(21)19-12(15(20)24-6)9-10-13(22-4)8-7-11(18)14(10)23-5/h7-8,12H,9H2,1-6H3,(H,19,21). The molecule has 0 saturated heterocycles. The van der Waals surface area contributed by atoms with Crippen LogP contribution in [0.25, 0.3) is 0 Å². The maximum absolute atomic E-state index is 14.0. The molecule has 140 valence electrons. The zero-order chi connectivity index (χ0) is 19.2. The van der Waals surface area contributed by atoms with Gasteiger partial charge in [0.05, 0.1) is 21.3 Å². The van der Waals surface area contributed by atoms with Crippen molar-refractivity contribution in [3.8, 4) is 11.5 Å². The minimum absolute atomic E-state index is 0.0701. The van der Waals surface area contributed by atoms with Gasteiger partial charge in [0.2, 0.25) is 0 Å². The average Bonchev–Trinajstić information content (AvgIpc) is 2.52. The summed E-state index contributed by atoms with van der Waals surface area (Å²) in [6, 6.07) is 1.49. The van der Waals surface area contributed by atoms with Crippen LogP contribution < -0.4 is 14.8 Å². The maximum atomic E-state index is 14.0. The summed E-state index contributed by atoms with van der Waals surface area (Å²) >= 11 is 0. The van der Waals surface area contributed by atoms with E-state index < -0.39 is 29.5 Å². The van der Waals surface area contributed by atoms with Crippen LogP contribution in [0.2, 0.25) is 0 Å². The van der Waals surface area contributed by atoms with E-state index >= 15 is 0 Å². The predicted molar refractivity (Wildman–Crippen MR) is 88.4 cm³/mol. The summed E-state index contributed by atoms with van der Waals surface area (Å²) in [6.07, 6.45) is -0.895. The van der Waals surface area contributed by atoms with Gasteiger partial charge in [-0.2, -0.15) is 0 Å². The smallest absolute Gasteiger partial charge is 0.408 e. The van der Waals surface area contributed by atoms with Crippen molar-refractivity contribution in [1.82, 2.24) is 5.32 Å². The van der Waals surface area contributed by atoms with Crippen molar-refractivity contribution >= 4 is 12.1 Å². The van der Waals surface area contributed by atoms with Crippen molar-refractivity contribution in [3.05, 3.63) is 23.5 Å². The van der Waals surface area contributed by atoms with Crippen molar-refractivity contribution in [1.29, 1.82) is 0 Å². The van der Waals surface area contributed by atoms with Gasteiger partial charge in [0.1, 0.15) is 17.4 Å². The fourth-order valence-corrected chi connectivity index (χ4v) is 2.18. The molecule has 0 heterocycles. The fraction of sp³-hybridized carbons (Fsp3) is 0.529. The minimum Gasteiger partial charge on any atom is -0.496 e. The van der Waals surface area contributed by atoms with Crippen LogP contribution >= 0.6 is 0 Å². The van der Waals surface area contributed by atoms with Gasteiger partial charge in [-0.05, 0) is 32.9 Å². The number of hydrogen-bond acceptors (Lipinski definition) is 6. The highest BCUT2D eigenvalue weighted by molar-refractivity contribution is 5.82. The van der Waals surface area contributed by atoms with Crippen molar-refractivity contribution in [2.45, 2.75) is 38.8 Å². The highest BCUT2D eigenvalue weighted by Gasteiger charge is 2.28. The van der Waals surface area contributed by atoms with Crippen LogP contribution in [0.5, 0.6) is 11.5 Å². The first-order chi connectivity index (χ1) is 11.6. The molecular formula is C17H24FNO6. The first-order valence-corrected chi connectivity index (χ1v) is 7.59. The van der Waals surface area contributed by atoms with Gasteiger partial charge in [-0.1, -0.05) is 0 Å². The Kier molecular flexibility index (Phi) is 7.02. The number of amides is 1. The first kappa shape index (κ1) is 20.5. The topological polar surface area (TPSA) is 83.1 Å². The largest absolute Gasteiger partial charge is 0.496 e. The van der Waals surface area contributed by atoms with Crippen molar-refractivity contribution in [2.75, 3.05) is 21.3 Å². The summed E-state index contributed by atoms with van der Waals surface area (Å²) in [5.41, 5.74) is -0.449. The third kappa shape index (κ3) is 5.81. The van der Waals surface area contributed by atoms with E-state index in [0.717, 1.165) is 0 Å². The number of ether oxygens (including phenoxy) is 4. The van der Waals surface area contributed by atoms with Crippen LogP contribution in [0.4, 0.5) is 9.18 Å². The molecule has 1 rings (SSSR count). The monoisotopic (exact) mass is 357 g/mol. The lowest BCUT2D eigenvalue weighted by Crippen LogP contribution is -2.45. The molecule has 0 bridgehead atoms. The molecule has 0 radical (unpaired) electrons. The molecule has 1 amide bonds. The van der Waals surface area contributed by atoms with Gasteiger partial charge < -0.3 is 24.3 Å². The van der Waals surface area contributed by atoms with Gasteiger partial charge in [-0.25, -0.2) is 14.0 Å². The van der Waals surface area contributed by atoms with E-state index in [-0.39, 0.29) is 17.7 Å². The van der Waals surface area contributed by atoms with Gasteiger partial charge >= 0.3 is 12.1 Å². The Morgan fingerprint density at radius 1 is 1.16 bits per heavy atom. The number of hydrogen-bond donors (Lipinski definition) is 1. The summed E-state index contributed by atoms with van der Waals surface area (Å²) < 4.78 is 34.1. The molecule has 0 fully saturated rings. The van der Waals surface area contributed by atoms with Crippen LogP contribution in [0.1, 0.15) is 26.3 Å². The van der Waals surface area contributed by atoms with Gasteiger partial charge in [0, 0.05) is 12.0 Å². The SMILES string of the molecule is COC(=O)C(Cc1c(OC)ccc(F)c1OC)NC(=O)OC(C)(C)C. The summed E-state index contributed by atoms with van der Waals surface area (Å²) in [4.78, 5) is 24.0. The minimum atomic E-state index is -1.11. The maximum Gasteiger partial charge on any atom is 0.408 e. The number of carbonyl (C=O) groups is 2. The Balaban J connectivity index is 3.13. The molecule has 1 N–H and O–H groups in total. The second kappa shape index (κ2) is 8.55. The van der Waals surface area contributed by atoms with E-state index in [0.29, 0.717) is 5.75 Å². The fourth-order valence-electron chi connectivity index (χ4n) is 2.18. The summed E-state index contributed by atoms with van der Waals surface area (Å²) in [5.74, 6) is -1.07. The second-order valence-electron chi connectivity index (χ2n) is 6.19. The molecule has 7 nitrogen and oxygen atoms in total. The molecule has 0 aromatic heterocycles. The normalized spacial score (nSPS) is 12.1. The number of carbonyl (C=O) groups excluding carboxylic acids is 2. The number of alkyl carbamates (subject to hydrolysis) is 1. The molecule has 0 saturated carbocycles. The Hall–Kier alpha value is -2.51. The van der Waals surface area contributed by atoms with E-state index in [4.69, 9.17) is 18.9 Å². The van der Waals surface area contributed by atoms with Crippen LogP contribution in [0, 0.1) is 5.82 Å². The summed E-state index contributed by atoms with van der Waals surface area (Å²) in [5, 5.41) is 2.43. The average molecular weight is 357 g/mol. The first-order valence-electron chi connectivity index (χ1n) is 7.59. The highest BCUT2D eigenvalue weighted by atomic mass is 19.1. The van der Waals surface area contributed by atoms with Crippen LogP contribution in [0.15, 0.2) is 12.1 Å². The lowest BCUT2D eigenvalue weighted by Gasteiger charge is -2.23. The lowest BCUT2D eigenvalue weighted by atomic mass is 10.0. The molecular weight excluding hydrogens is 333 g/mol. The van der Waals surface area contributed by atoms with Crippen molar-refractivity contribution in [3.63, 3.8) is 0 Å². The number of esters is 1. The Labute approximate surface area is 146 Å². The molecule has 0 spiro atoms. The van der Waals surface area contributed by atoms with Gasteiger partial charge in [-0.3, -0.25) is 0 Å². The Bertz CT molecular complexity index is 626.